The van der Waals surface area contributed by atoms with E-state index >= 15 is 0 Å². The molecule has 7 heteroatoms. The highest BCUT2D eigenvalue weighted by Gasteiger charge is 2.33. The third-order valence-corrected chi connectivity index (χ3v) is 6.24. The average Bonchev–Trinajstić information content (AvgIpc) is 3.48. The highest BCUT2D eigenvalue weighted by atomic mass is 15.3. The van der Waals surface area contributed by atoms with Gasteiger partial charge in [-0.1, -0.05) is 59.7 Å². The van der Waals surface area contributed by atoms with Gasteiger partial charge in [0, 0.05) is 55.1 Å². The molecule has 3 aromatic heterocycles. The van der Waals surface area contributed by atoms with Crippen molar-refractivity contribution in [1.29, 1.82) is 0 Å². The summed E-state index contributed by atoms with van der Waals surface area (Å²) in [7, 11) is 0. The number of hydrogen-bond donors (Lipinski definition) is 0. The molecule has 7 nitrogen and oxygen atoms in total. The van der Waals surface area contributed by atoms with Gasteiger partial charge in [0.05, 0.1) is 11.7 Å². The van der Waals surface area contributed by atoms with Gasteiger partial charge in [-0.15, -0.1) is 0 Å². The SMILES string of the molecule is CC.CC.CC.Cc1nc(N2CCN(C(C)(C)c3cnn(-c4ccccn4)c3)CC2)c2ccccc2n1. The van der Waals surface area contributed by atoms with Crippen LogP contribution in [0.15, 0.2) is 61.1 Å². The predicted molar refractivity (Wildman–Crippen MR) is 156 cm³/mol. The Morgan fingerprint density at radius 2 is 1.43 bits per heavy atom. The summed E-state index contributed by atoms with van der Waals surface area (Å²) in [5.41, 5.74) is 2.08. The van der Waals surface area contributed by atoms with Crippen LogP contribution in [0.4, 0.5) is 5.82 Å². The van der Waals surface area contributed by atoms with Crippen LogP contribution in [0.5, 0.6) is 0 Å². The van der Waals surface area contributed by atoms with Crippen LogP contribution in [0.1, 0.15) is 66.8 Å². The Bertz CT molecular complexity index is 1190. The van der Waals surface area contributed by atoms with E-state index in [1.165, 1.54) is 5.56 Å². The third kappa shape index (κ3) is 6.92. The van der Waals surface area contributed by atoms with E-state index in [-0.39, 0.29) is 5.54 Å². The minimum Gasteiger partial charge on any atom is -0.353 e. The Kier molecular flexibility index (Phi) is 11.7. The summed E-state index contributed by atoms with van der Waals surface area (Å²) in [5.74, 6) is 2.70. The van der Waals surface area contributed by atoms with E-state index in [0.717, 1.165) is 54.5 Å². The van der Waals surface area contributed by atoms with Gasteiger partial charge in [0.25, 0.3) is 0 Å². The van der Waals surface area contributed by atoms with Crippen molar-refractivity contribution >= 4 is 16.7 Å². The van der Waals surface area contributed by atoms with Crippen LogP contribution in [0.25, 0.3) is 16.7 Å². The number of hydrogen-bond acceptors (Lipinski definition) is 6. The van der Waals surface area contributed by atoms with E-state index in [4.69, 9.17) is 4.98 Å². The maximum Gasteiger partial charge on any atom is 0.153 e. The Morgan fingerprint density at radius 1 is 0.784 bits per heavy atom. The van der Waals surface area contributed by atoms with E-state index in [2.05, 4.69) is 63.1 Å². The number of piperazine rings is 1. The van der Waals surface area contributed by atoms with Crippen molar-refractivity contribution in [2.45, 2.75) is 67.9 Å². The molecule has 1 aliphatic heterocycles. The van der Waals surface area contributed by atoms with E-state index in [0.29, 0.717) is 0 Å². The molecule has 5 rings (SSSR count). The second-order valence-corrected chi connectivity index (χ2v) is 8.51. The maximum atomic E-state index is 4.78. The monoisotopic (exact) mass is 503 g/mol. The van der Waals surface area contributed by atoms with Crippen LogP contribution in [0, 0.1) is 6.92 Å². The predicted octanol–water partition coefficient (Wildman–Crippen LogP) is 6.65. The van der Waals surface area contributed by atoms with Crippen LogP contribution in [0.2, 0.25) is 0 Å². The first-order valence-electron chi connectivity index (χ1n) is 13.7. The Labute approximate surface area is 223 Å². The molecule has 0 radical (unpaired) electrons. The van der Waals surface area contributed by atoms with Crippen molar-refractivity contribution in [2.24, 2.45) is 0 Å². The molecule has 0 saturated carbocycles. The number of anilines is 1. The third-order valence-electron chi connectivity index (χ3n) is 6.24. The van der Waals surface area contributed by atoms with Crippen LogP contribution < -0.4 is 4.90 Å². The van der Waals surface area contributed by atoms with E-state index in [1.807, 2.05) is 83.6 Å². The molecule has 37 heavy (non-hydrogen) atoms. The topological polar surface area (TPSA) is 63.0 Å². The van der Waals surface area contributed by atoms with Gasteiger partial charge >= 0.3 is 0 Å². The van der Waals surface area contributed by atoms with Crippen molar-refractivity contribution in [3.05, 3.63) is 72.4 Å². The first-order chi connectivity index (χ1) is 18.0. The second-order valence-electron chi connectivity index (χ2n) is 8.51. The van der Waals surface area contributed by atoms with Gasteiger partial charge in [0.2, 0.25) is 0 Å². The molecule has 1 saturated heterocycles. The molecule has 0 unspecified atom stereocenters. The summed E-state index contributed by atoms with van der Waals surface area (Å²) in [6, 6.07) is 14.1. The van der Waals surface area contributed by atoms with E-state index < -0.39 is 0 Å². The smallest absolute Gasteiger partial charge is 0.153 e. The van der Waals surface area contributed by atoms with Crippen LogP contribution >= 0.6 is 0 Å². The number of para-hydroxylation sites is 1. The van der Waals surface area contributed by atoms with Crippen molar-refractivity contribution in [2.75, 3.05) is 31.1 Å². The molecule has 4 aromatic rings. The number of fused-ring (bicyclic) bond motifs is 1. The molecule has 0 aliphatic carbocycles. The zero-order valence-electron chi connectivity index (χ0n) is 24.2. The number of benzene rings is 1. The van der Waals surface area contributed by atoms with Gasteiger partial charge in [-0.3, -0.25) is 4.90 Å². The molecule has 0 amide bonds. The molecule has 4 heterocycles. The lowest BCUT2D eigenvalue weighted by Crippen LogP contribution is -2.53. The van der Waals surface area contributed by atoms with Crippen molar-refractivity contribution < 1.29 is 0 Å². The molecular formula is C30H45N7. The van der Waals surface area contributed by atoms with E-state index in [9.17, 15) is 0 Å². The van der Waals surface area contributed by atoms with Gasteiger partial charge in [0.15, 0.2) is 5.82 Å². The standard InChI is InChI=1S/C24H27N7.3C2H6/c1-18-27-21-9-5-4-8-20(21)23(28-18)29-12-14-30(15-13-29)24(2,3)19-16-26-31(17-19)22-10-6-7-11-25-22;3*1-2/h4-11,16-17H,12-15H2,1-3H3;3*1-2H3. The van der Waals surface area contributed by atoms with Gasteiger partial charge in [-0.05, 0) is 45.0 Å². The number of nitrogens with zero attached hydrogens (tertiary/aromatic N) is 7. The fraction of sp³-hybridized carbons (Fsp3) is 0.467. The number of rotatable bonds is 4. The number of aryl methyl sites for hydroxylation is 1. The maximum absolute atomic E-state index is 4.78. The number of pyridine rings is 1. The molecular weight excluding hydrogens is 458 g/mol. The summed E-state index contributed by atoms with van der Waals surface area (Å²) in [4.78, 5) is 18.7. The van der Waals surface area contributed by atoms with Gasteiger partial charge in [-0.25, -0.2) is 19.6 Å². The molecule has 1 aliphatic rings. The molecule has 0 bridgehead atoms. The van der Waals surface area contributed by atoms with Crippen LogP contribution in [-0.2, 0) is 5.54 Å². The summed E-state index contributed by atoms with van der Waals surface area (Å²) in [5, 5.41) is 5.68. The minimum atomic E-state index is -0.122. The lowest BCUT2D eigenvalue weighted by atomic mass is 9.94. The lowest BCUT2D eigenvalue weighted by molar-refractivity contribution is 0.111. The average molecular weight is 504 g/mol. The summed E-state index contributed by atoms with van der Waals surface area (Å²) < 4.78 is 1.85. The molecule has 0 atom stereocenters. The Hall–Kier alpha value is -3.32. The summed E-state index contributed by atoms with van der Waals surface area (Å²) in [6.45, 7) is 22.3. The summed E-state index contributed by atoms with van der Waals surface area (Å²) in [6.07, 6.45) is 5.85. The molecule has 0 N–H and O–H groups in total. The van der Waals surface area contributed by atoms with Crippen molar-refractivity contribution in [3.8, 4) is 5.82 Å². The largest absolute Gasteiger partial charge is 0.353 e. The molecule has 0 spiro atoms. The van der Waals surface area contributed by atoms with Gasteiger partial charge in [0.1, 0.15) is 11.6 Å². The molecule has 1 fully saturated rings. The van der Waals surface area contributed by atoms with Crippen molar-refractivity contribution in [3.63, 3.8) is 0 Å². The normalized spacial score (nSPS) is 13.5. The fourth-order valence-electron chi connectivity index (χ4n) is 4.33. The van der Waals surface area contributed by atoms with Crippen LogP contribution in [0.3, 0.4) is 0 Å². The molecule has 1 aromatic carbocycles. The first kappa shape index (κ1) is 29.9. The van der Waals surface area contributed by atoms with Crippen molar-refractivity contribution in [1.82, 2.24) is 29.6 Å². The first-order valence-corrected chi connectivity index (χ1v) is 13.7. The zero-order valence-corrected chi connectivity index (χ0v) is 24.2. The highest BCUT2D eigenvalue weighted by molar-refractivity contribution is 5.89. The zero-order chi connectivity index (χ0) is 27.4. The van der Waals surface area contributed by atoms with Gasteiger partial charge in [-0.2, -0.15) is 5.10 Å². The molecule has 200 valence electrons. The summed E-state index contributed by atoms with van der Waals surface area (Å²) >= 11 is 0. The van der Waals surface area contributed by atoms with E-state index in [1.54, 1.807) is 6.20 Å². The second kappa shape index (κ2) is 14.4. The Balaban J connectivity index is 0.000000750. The minimum absolute atomic E-state index is 0.122. The number of aromatic nitrogens is 5. The Morgan fingerprint density at radius 3 is 2.08 bits per heavy atom. The van der Waals surface area contributed by atoms with Gasteiger partial charge < -0.3 is 4.90 Å². The fourth-order valence-corrected chi connectivity index (χ4v) is 4.33. The van der Waals surface area contributed by atoms with Crippen LogP contribution in [-0.4, -0.2) is 55.8 Å². The lowest BCUT2D eigenvalue weighted by Gasteiger charge is -2.44. The quantitative estimate of drug-likeness (QED) is 0.310. The highest BCUT2D eigenvalue weighted by Crippen LogP contribution is 2.31.